The van der Waals surface area contributed by atoms with E-state index in [1.165, 1.54) is 0 Å². The second-order valence-electron chi connectivity index (χ2n) is 2.03. The van der Waals surface area contributed by atoms with Gasteiger partial charge in [-0.15, -0.1) is 23.2 Å². The van der Waals surface area contributed by atoms with Gasteiger partial charge < -0.3 is 19.6 Å². The third-order valence-corrected chi connectivity index (χ3v) is 7.83. The van der Waals surface area contributed by atoms with Crippen LogP contribution in [0.5, 0.6) is 0 Å². The molecule has 0 bridgehead atoms. The highest BCUT2D eigenvalue weighted by atomic mass is 35.5. The zero-order chi connectivity index (χ0) is 11.1. The molecule has 12 heteroatoms. The molecule has 0 saturated heterocycles. The summed E-state index contributed by atoms with van der Waals surface area (Å²) >= 11 is 15.0. The zero-order valence-electron chi connectivity index (χ0n) is 6.29. The topological polar surface area (TPSA) is 115 Å². The Bertz CT molecular complexity index is 261. The molecule has 0 aromatic heterocycles. The van der Waals surface area contributed by atoms with Crippen molar-refractivity contribution in [3.63, 3.8) is 0 Å². The first-order valence-corrected chi connectivity index (χ1v) is 7.00. The van der Waals surface area contributed by atoms with Crippen molar-refractivity contribution in [3.05, 3.63) is 0 Å². The largest absolute Gasteiger partial charge is 0.361 e. The highest BCUT2D eigenvalue weighted by Crippen LogP contribution is 2.74. The van der Waals surface area contributed by atoms with Crippen LogP contribution in [0, 0.1) is 0 Å². The smallest absolute Gasteiger partial charge is 0.323 e. The van der Waals surface area contributed by atoms with Gasteiger partial charge in [0.05, 0.1) is 0 Å². The Labute approximate surface area is 96.4 Å². The maximum absolute atomic E-state index is 10.6. The van der Waals surface area contributed by atoms with E-state index in [4.69, 9.17) is 54.4 Å². The molecule has 3 radical (unpaired) electrons. The molecule has 0 aliphatic rings. The predicted molar refractivity (Wildman–Crippen MR) is 53.9 cm³/mol. The fourth-order valence-corrected chi connectivity index (χ4v) is 3.82. The molecule has 0 fully saturated rings. The standard InChI is InChI=1S/C2H5Cl3O6P2.B/c3-1(4)2(5,12(6,7)8)13(9,10)11;/h1H,(H2,6,7,8)(H2,9,10,11);. The van der Waals surface area contributed by atoms with E-state index in [2.05, 4.69) is 0 Å². The summed E-state index contributed by atoms with van der Waals surface area (Å²) < 4.78 is 18.0. The number of rotatable bonds is 3. The summed E-state index contributed by atoms with van der Waals surface area (Å²) in [7, 11) is -10.7. The van der Waals surface area contributed by atoms with E-state index in [1.807, 2.05) is 0 Å². The number of hydrogen-bond donors (Lipinski definition) is 4. The molecular formula is C2H5BCl3O6P2. The quantitative estimate of drug-likeness (QED) is 0.346. The SMILES string of the molecule is O=P(O)(O)C(Cl)(C(Cl)Cl)P(=O)(O)O.[B]. The first kappa shape index (κ1) is 17.6. The second-order valence-corrected chi connectivity index (χ2v) is 8.18. The lowest BCUT2D eigenvalue weighted by Gasteiger charge is -2.28. The molecule has 0 saturated carbocycles. The Morgan fingerprint density at radius 3 is 1.21 bits per heavy atom. The molecule has 0 aliphatic heterocycles. The monoisotopic (exact) mass is 303 g/mol. The summed E-state index contributed by atoms with van der Waals surface area (Å²) in [5.74, 6) is 0. The van der Waals surface area contributed by atoms with Crippen molar-refractivity contribution < 1.29 is 28.7 Å². The molecule has 0 amide bonds. The summed E-state index contributed by atoms with van der Waals surface area (Å²) in [6, 6.07) is 0. The van der Waals surface area contributed by atoms with Gasteiger partial charge in [0, 0.05) is 8.41 Å². The van der Waals surface area contributed by atoms with Gasteiger partial charge in [0.2, 0.25) is 0 Å². The molecular weight excluding hydrogens is 299 g/mol. The van der Waals surface area contributed by atoms with Crippen molar-refractivity contribution in [1.82, 2.24) is 0 Å². The maximum atomic E-state index is 10.6. The Kier molecular flexibility index (Phi) is 6.35. The van der Waals surface area contributed by atoms with E-state index >= 15 is 0 Å². The van der Waals surface area contributed by atoms with Crippen molar-refractivity contribution in [2.45, 2.75) is 9.19 Å². The number of halogens is 3. The van der Waals surface area contributed by atoms with E-state index < -0.39 is 24.4 Å². The van der Waals surface area contributed by atoms with E-state index in [9.17, 15) is 9.13 Å². The van der Waals surface area contributed by atoms with Gasteiger partial charge in [0.25, 0.3) is 4.36 Å². The minimum atomic E-state index is -5.33. The third kappa shape index (κ3) is 3.11. The maximum Gasteiger partial charge on any atom is 0.361 e. The summed E-state index contributed by atoms with van der Waals surface area (Å²) in [5, 5.41) is 0. The van der Waals surface area contributed by atoms with Crippen molar-refractivity contribution in [1.29, 1.82) is 0 Å². The van der Waals surface area contributed by atoms with E-state index in [0.717, 1.165) is 0 Å². The molecule has 6 nitrogen and oxygen atoms in total. The van der Waals surface area contributed by atoms with Crippen LogP contribution in [0.15, 0.2) is 0 Å². The van der Waals surface area contributed by atoms with Crippen molar-refractivity contribution in [2.24, 2.45) is 0 Å². The molecule has 0 aromatic carbocycles. The van der Waals surface area contributed by atoms with Crippen molar-refractivity contribution in [3.8, 4) is 0 Å². The van der Waals surface area contributed by atoms with Crippen LogP contribution >= 0.6 is 50.0 Å². The van der Waals surface area contributed by atoms with Gasteiger partial charge in [-0.2, -0.15) is 0 Å². The molecule has 0 aliphatic carbocycles. The Morgan fingerprint density at radius 1 is 1.00 bits per heavy atom. The van der Waals surface area contributed by atoms with E-state index in [-0.39, 0.29) is 8.41 Å². The van der Waals surface area contributed by atoms with Gasteiger partial charge in [-0.1, -0.05) is 11.6 Å². The van der Waals surface area contributed by atoms with E-state index in [1.54, 1.807) is 0 Å². The second kappa shape index (κ2) is 5.04. The van der Waals surface area contributed by atoms with Gasteiger partial charge >= 0.3 is 15.2 Å². The van der Waals surface area contributed by atoms with Crippen LogP contribution in [-0.2, 0) is 9.13 Å². The normalized spacial score (nSPS) is 14.0. The molecule has 0 aromatic rings. The first-order chi connectivity index (χ1) is 5.44. The summed E-state index contributed by atoms with van der Waals surface area (Å²) in [6.07, 6.45) is 0. The summed E-state index contributed by atoms with van der Waals surface area (Å²) in [4.78, 5) is 32.1. The zero-order valence-corrected chi connectivity index (χ0v) is 10.3. The van der Waals surface area contributed by atoms with Crippen LogP contribution in [-0.4, -0.2) is 37.2 Å². The lowest BCUT2D eigenvalue weighted by Crippen LogP contribution is -2.29. The molecule has 0 spiro atoms. The fraction of sp³-hybridized carbons (Fsp3) is 1.00. The highest BCUT2D eigenvalue weighted by Gasteiger charge is 2.63. The molecule has 4 N–H and O–H groups in total. The lowest BCUT2D eigenvalue weighted by molar-refractivity contribution is 0.333. The minimum Gasteiger partial charge on any atom is -0.323 e. The van der Waals surface area contributed by atoms with Crippen LogP contribution in [0.25, 0.3) is 0 Å². The fourth-order valence-electron chi connectivity index (χ4n) is 0.424. The molecule has 0 heterocycles. The van der Waals surface area contributed by atoms with Gasteiger partial charge in [-0.05, 0) is 0 Å². The van der Waals surface area contributed by atoms with Crippen molar-refractivity contribution >= 4 is 58.4 Å². The van der Waals surface area contributed by atoms with Gasteiger partial charge in [0.1, 0.15) is 4.84 Å². The lowest BCUT2D eigenvalue weighted by atomic mass is 10.8. The highest BCUT2D eigenvalue weighted by molar-refractivity contribution is 7.75. The summed E-state index contributed by atoms with van der Waals surface area (Å²) in [5.41, 5.74) is 0. The average Bonchev–Trinajstić information content (AvgIpc) is 1.80. The average molecular weight is 304 g/mol. The molecule has 0 atom stereocenters. The van der Waals surface area contributed by atoms with Crippen LogP contribution in [0.1, 0.15) is 0 Å². The minimum absolute atomic E-state index is 0. The van der Waals surface area contributed by atoms with Gasteiger partial charge in [0.15, 0.2) is 0 Å². The predicted octanol–water partition coefficient (Wildman–Crippen LogP) is 0.657. The van der Waals surface area contributed by atoms with Gasteiger partial charge in [-0.3, -0.25) is 9.13 Å². The molecule has 14 heavy (non-hydrogen) atoms. The first-order valence-electron chi connectivity index (χ1n) is 2.53. The summed E-state index contributed by atoms with van der Waals surface area (Å²) in [6.45, 7) is 0. The third-order valence-electron chi connectivity index (χ3n) is 1.09. The molecule has 0 rings (SSSR count). The van der Waals surface area contributed by atoms with Crippen LogP contribution in [0.2, 0.25) is 0 Å². The van der Waals surface area contributed by atoms with Crippen LogP contribution in [0.4, 0.5) is 0 Å². The molecule has 83 valence electrons. The molecule has 0 unspecified atom stereocenters. The van der Waals surface area contributed by atoms with Gasteiger partial charge in [-0.25, -0.2) is 0 Å². The Balaban J connectivity index is 0. The number of hydrogen-bond acceptors (Lipinski definition) is 2. The van der Waals surface area contributed by atoms with Crippen LogP contribution in [0.3, 0.4) is 0 Å². The number of alkyl halides is 3. The Morgan fingerprint density at radius 2 is 1.21 bits per heavy atom. The Hall–Kier alpha value is 1.23. The van der Waals surface area contributed by atoms with E-state index in [0.29, 0.717) is 0 Å². The van der Waals surface area contributed by atoms with Crippen molar-refractivity contribution in [2.75, 3.05) is 0 Å². The van der Waals surface area contributed by atoms with Crippen LogP contribution < -0.4 is 0 Å².